The monoisotopic (exact) mass is 386 g/mol. The van der Waals surface area contributed by atoms with E-state index in [0.29, 0.717) is 17.0 Å². The number of piperidine rings is 1. The van der Waals surface area contributed by atoms with Crippen molar-refractivity contribution in [3.05, 3.63) is 61.3 Å². The van der Waals surface area contributed by atoms with E-state index in [1.165, 1.54) is 4.57 Å². The zero-order chi connectivity index (χ0) is 20.3. The molecule has 0 spiro atoms. The molecule has 3 rings (SSSR count). The molecule has 0 unspecified atom stereocenters. The summed E-state index contributed by atoms with van der Waals surface area (Å²) in [6.07, 6.45) is 1.82. The maximum Gasteiger partial charge on any atom is 0.349 e. The van der Waals surface area contributed by atoms with Crippen LogP contribution in [0.3, 0.4) is 0 Å². The molecule has 0 aromatic carbocycles. The zero-order valence-corrected chi connectivity index (χ0v) is 16.5. The number of nitrogens with zero attached hydrogens (tertiary/aromatic N) is 2. The topological polar surface area (TPSA) is 106 Å². The van der Waals surface area contributed by atoms with Crippen LogP contribution >= 0.6 is 0 Å². The first-order valence-electron chi connectivity index (χ1n) is 9.55. The second kappa shape index (κ2) is 8.52. The zero-order valence-electron chi connectivity index (χ0n) is 16.5. The van der Waals surface area contributed by atoms with Gasteiger partial charge in [-0.25, -0.2) is 9.59 Å². The van der Waals surface area contributed by atoms with Crippen LogP contribution in [-0.2, 0) is 6.54 Å². The Hall–Kier alpha value is -2.74. The summed E-state index contributed by atoms with van der Waals surface area (Å²) in [4.78, 5) is 40.8. The van der Waals surface area contributed by atoms with Crippen molar-refractivity contribution in [2.75, 3.05) is 19.6 Å². The van der Waals surface area contributed by atoms with E-state index in [1.807, 2.05) is 13.0 Å². The first-order valence-corrected chi connectivity index (χ1v) is 9.55. The molecule has 150 valence electrons. The summed E-state index contributed by atoms with van der Waals surface area (Å²) in [5.41, 5.74) is 1.08. The summed E-state index contributed by atoms with van der Waals surface area (Å²) in [6.45, 7) is 7.59. The van der Waals surface area contributed by atoms with Crippen LogP contribution in [0.1, 0.15) is 51.8 Å². The van der Waals surface area contributed by atoms with Gasteiger partial charge in [-0.1, -0.05) is 0 Å². The lowest BCUT2D eigenvalue weighted by Gasteiger charge is -2.22. The quantitative estimate of drug-likeness (QED) is 0.795. The minimum atomic E-state index is -0.614. The number of hydrogen-bond acceptors (Lipinski definition) is 6. The van der Waals surface area contributed by atoms with Gasteiger partial charge in [0.25, 0.3) is 5.91 Å². The van der Waals surface area contributed by atoms with Crippen molar-refractivity contribution in [1.82, 2.24) is 20.2 Å². The molecule has 2 aromatic heterocycles. The van der Waals surface area contributed by atoms with Crippen LogP contribution in [0.25, 0.3) is 0 Å². The molecule has 8 nitrogen and oxygen atoms in total. The lowest BCUT2D eigenvalue weighted by molar-refractivity contribution is 0.0946. The molecular weight excluding hydrogens is 360 g/mol. The standard InChI is InChI=1S/C20H26N4O4/c1-12-10-16(15-4-6-21-7-5-15)28-19(26)17(12)18(25)22-8-9-24-14(3)11-13(2)23-20(24)27/h10-11,15,21H,4-9H2,1-3H3,(H,22,25). The van der Waals surface area contributed by atoms with Crippen molar-refractivity contribution in [2.24, 2.45) is 0 Å². The molecule has 0 aliphatic carbocycles. The van der Waals surface area contributed by atoms with Gasteiger partial charge in [-0.15, -0.1) is 0 Å². The van der Waals surface area contributed by atoms with E-state index >= 15 is 0 Å². The Kier molecular flexibility index (Phi) is 6.08. The second-order valence-electron chi connectivity index (χ2n) is 7.25. The van der Waals surface area contributed by atoms with Gasteiger partial charge in [0.15, 0.2) is 0 Å². The highest BCUT2D eigenvalue weighted by Gasteiger charge is 2.22. The van der Waals surface area contributed by atoms with Gasteiger partial charge in [-0.05, 0) is 64.4 Å². The minimum Gasteiger partial charge on any atom is -0.427 e. The number of carbonyl (C=O) groups excluding carboxylic acids is 1. The van der Waals surface area contributed by atoms with Gasteiger partial charge in [0.2, 0.25) is 0 Å². The molecule has 8 heteroatoms. The maximum absolute atomic E-state index is 12.5. The van der Waals surface area contributed by atoms with Gasteiger partial charge in [0, 0.05) is 30.4 Å². The maximum atomic E-state index is 12.5. The summed E-state index contributed by atoms with van der Waals surface area (Å²) in [7, 11) is 0. The summed E-state index contributed by atoms with van der Waals surface area (Å²) >= 11 is 0. The first kappa shape index (κ1) is 20.0. The molecule has 1 saturated heterocycles. The molecule has 0 atom stereocenters. The van der Waals surface area contributed by atoms with Crippen molar-refractivity contribution in [1.29, 1.82) is 0 Å². The van der Waals surface area contributed by atoms with Crippen LogP contribution in [0.5, 0.6) is 0 Å². The third-order valence-electron chi connectivity index (χ3n) is 5.10. The van der Waals surface area contributed by atoms with E-state index in [9.17, 15) is 14.4 Å². The van der Waals surface area contributed by atoms with Gasteiger partial charge in [-0.3, -0.25) is 9.36 Å². The number of hydrogen-bond donors (Lipinski definition) is 2. The predicted molar refractivity (Wildman–Crippen MR) is 105 cm³/mol. The number of nitrogens with one attached hydrogen (secondary N) is 2. The van der Waals surface area contributed by atoms with Crippen molar-refractivity contribution in [3.63, 3.8) is 0 Å². The minimum absolute atomic E-state index is 0.0174. The fourth-order valence-electron chi connectivity index (χ4n) is 3.63. The van der Waals surface area contributed by atoms with Gasteiger partial charge in [0.1, 0.15) is 11.3 Å². The molecule has 0 saturated carbocycles. The van der Waals surface area contributed by atoms with E-state index in [2.05, 4.69) is 15.6 Å². The highest BCUT2D eigenvalue weighted by molar-refractivity contribution is 5.95. The predicted octanol–water partition coefficient (Wildman–Crippen LogP) is 1.02. The van der Waals surface area contributed by atoms with Crippen LogP contribution < -0.4 is 21.9 Å². The third kappa shape index (κ3) is 4.39. The van der Waals surface area contributed by atoms with E-state index in [4.69, 9.17) is 4.42 Å². The van der Waals surface area contributed by atoms with Crippen LogP contribution in [-0.4, -0.2) is 35.1 Å². The lowest BCUT2D eigenvalue weighted by Crippen LogP contribution is -2.35. The highest BCUT2D eigenvalue weighted by atomic mass is 16.4. The number of aromatic nitrogens is 2. The average molecular weight is 386 g/mol. The molecule has 2 aromatic rings. The van der Waals surface area contributed by atoms with Crippen LogP contribution in [0.15, 0.2) is 26.1 Å². The van der Waals surface area contributed by atoms with Gasteiger partial charge < -0.3 is 15.1 Å². The molecule has 0 radical (unpaired) electrons. The molecular formula is C20H26N4O4. The second-order valence-corrected chi connectivity index (χ2v) is 7.25. The molecule has 3 heterocycles. The SMILES string of the molecule is Cc1cc(C)n(CCNC(=O)c2c(C)cc(C3CCNCC3)oc2=O)c(=O)n1. The summed E-state index contributed by atoms with van der Waals surface area (Å²) in [5, 5.41) is 5.98. The van der Waals surface area contributed by atoms with Crippen LogP contribution in [0, 0.1) is 20.8 Å². The molecule has 1 aliphatic heterocycles. The van der Waals surface area contributed by atoms with Crippen molar-refractivity contribution < 1.29 is 9.21 Å². The number of carbonyl (C=O) groups is 1. The van der Waals surface area contributed by atoms with Gasteiger partial charge in [0.05, 0.1) is 0 Å². The van der Waals surface area contributed by atoms with E-state index in [-0.39, 0.29) is 30.3 Å². The van der Waals surface area contributed by atoms with E-state index in [1.54, 1.807) is 19.9 Å². The number of amides is 1. The fraction of sp³-hybridized carbons (Fsp3) is 0.500. The fourth-order valence-corrected chi connectivity index (χ4v) is 3.63. The third-order valence-corrected chi connectivity index (χ3v) is 5.10. The van der Waals surface area contributed by atoms with Crippen molar-refractivity contribution >= 4 is 5.91 Å². The summed E-state index contributed by atoms with van der Waals surface area (Å²) in [5.74, 6) is 0.357. The largest absolute Gasteiger partial charge is 0.427 e. The Labute approximate surface area is 163 Å². The van der Waals surface area contributed by atoms with Gasteiger partial charge in [-0.2, -0.15) is 4.98 Å². The summed E-state index contributed by atoms with van der Waals surface area (Å²) in [6, 6.07) is 3.60. The Morgan fingerprint density at radius 1 is 1.25 bits per heavy atom. The lowest BCUT2D eigenvalue weighted by atomic mass is 9.94. The average Bonchev–Trinajstić information content (AvgIpc) is 2.64. The van der Waals surface area contributed by atoms with E-state index < -0.39 is 11.5 Å². The highest BCUT2D eigenvalue weighted by Crippen LogP contribution is 2.25. The smallest absolute Gasteiger partial charge is 0.349 e. The Morgan fingerprint density at radius 3 is 2.61 bits per heavy atom. The first-order chi connectivity index (χ1) is 13.4. The molecule has 1 aliphatic rings. The number of rotatable bonds is 5. The normalized spacial score (nSPS) is 14.8. The Balaban J connectivity index is 1.69. The van der Waals surface area contributed by atoms with E-state index in [0.717, 1.165) is 31.6 Å². The summed E-state index contributed by atoms with van der Waals surface area (Å²) < 4.78 is 6.95. The number of aryl methyl sites for hydroxylation is 3. The van der Waals surface area contributed by atoms with Crippen LogP contribution in [0.2, 0.25) is 0 Å². The van der Waals surface area contributed by atoms with Crippen molar-refractivity contribution in [2.45, 2.75) is 46.1 Å². The van der Waals surface area contributed by atoms with Gasteiger partial charge >= 0.3 is 11.3 Å². The Morgan fingerprint density at radius 2 is 1.96 bits per heavy atom. The molecule has 1 fully saturated rings. The molecule has 0 bridgehead atoms. The molecule has 2 N–H and O–H groups in total. The molecule has 28 heavy (non-hydrogen) atoms. The molecule has 1 amide bonds. The van der Waals surface area contributed by atoms with Crippen LogP contribution in [0.4, 0.5) is 0 Å². The Bertz CT molecular complexity index is 987. The van der Waals surface area contributed by atoms with Crippen molar-refractivity contribution in [3.8, 4) is 0 Å².